The van der Waals surface area contributed by atoms with E-state index in [-0.39, 0.29) is 11.9 Å². The van der Waals surface area contributed by atoms with Gasteiger partial charge < -0.3 is 4.90 Å². The van der Waals surface area contributed by atoms with Crippen molar-refractivity contribution in [2.24, 2.45) is 0 Å². The van der Waals surface area contributed by atoms with Crippen LogP contribution in [0.15, 0.2) is 33.9 Å². The lowest BCUT2D eigenvalue weighted by Crippen LogP contribution is -2.28. The number of hydrogen-bond donors (Lipinski definition) is 1. The summed E-state index contributed by atoms with van der Waals surface area (Å²) in [5.41, 5.74) is 0. The Kier molecular flexibility index (Phi) is 3.91. The first kappa shape index (κ1) is 12.7. The highest BCUT2D eigenvalue weighted by molar-refractivity contribution is 7.80. The lowest BCUT2D eigenvalue weighted by atomic mass is 10.2. The van der Waals surface area contributed by atoms with Crippen molar-refractivity contribution in [3.8, 4) is 0 Å². The Morgan fingerprint density at radius 3 is 2.76 bits per heavy atom. The first-order valence-electron chi connectivity index (χ1n) is 5.17. The van der Waals surface area contributed by atoms with Crippen LogP contribution in [0, 0.1) is 0 Å². The van der Waals surface area contributed by atoms with Crippen LogP contribution in [-0.2, 0) is 0 Å². The van der Waals surface area contributed by atoms with Gasteiger partial charge in [-0.3, -0.25) is 4.79 Å². The highest BCUT2D eigenvalue weighted by Gasteiger charge is 2.20. The molecule has 0 aliphatic rings. The third kappa shape index (κ3) is 2.73. The van der Waals surface area contributed by atoms with Crippen molar-refractivity contribution in [1.29, 1.82) is 0 Å². The zero-order valence-corrected chi connectivity index (χ0v) is 12.1. The number of hydrogen-bond acceptors (Lipinski definition) is 4. The van der Waals surface area contributed by atoms with E-state index < -0.39 is 0 Å². The molecular weight excluding hydrogens is 270 g/mol. The topological polar surface area (TPSA) is 20.3 Å². The smallest absolute Gasteiger partial charge is 0.264 e. The fraction of sp³-hybridized carbons (Fsp3) is 0.250. The molecular formula is C12H13NOS3. The van der Waals surface area contributed by atoms with Crippen molar-refractivity contribution in [2.45, 2.75) is 17.9 Å². The van der Waals surface area contributed by atoms with Gasteiger partial charge in [0.05, 0.1) is 10.9 Å². The van der Waals surface area contributed by atoms with Crippen LogP contribution < -0.4 is 0 Å². The number of carbonyl (C=O) groups excluding carboxylic acids is 1. The van der Waals surface area contributed by atoms with Gasteiger partial charge in [-0.1, -0.05) is 6.07 Å². The van der Waals surface area contributed by atoms with Gasteiger partial charge in [0.2, 0.25) is 0 Å². The second-order valence-electron chi connectivity index (χ2n) is 3.78. The Labute approximate surface area is 114 Å². The molecule has 0 saturated heterocycles. The van der Waals surface area contributed by atoms with Gasteiger partial charge in [0.1, 0.15) is 0 Å². The molecule has 0 fully saturated rings. The molecule has 0 bridgehead atoms. The van der Waals surface area contributed by atoms with Gasteiger partial charge >= 0.3 is 0 Å². The predicted molar refractivity (Wildman–Crippen MR) is 76.4 cm³/mol. The zero-order valence-electron chi connectivity index (χ0n) is 9.58. The highest BCUT2D eigenvalue weighted by atomic mass is 32.1. The van der Waals surface area contributed by atoms with Gasteiger partial charge in [0.15, 0.2) is 0 Å². The molecule has 0 aliphatic carbocycles. The quantitative estimate of drug-likeness (QED) is 0.846. The van der Waals surface area contributed by atoms with E-state index >= 15 is 0 Å². The first-order chi connectivity index (χ1) is 8.09. The number of thiophene rings is 2. The van der Waals surface area contributed by atoms with Crippen LogP contribution in [0.4, 0.5) is 0 Å². The average molecular weight is 283 g/mol. The van der Waals surface area contributed by atoms with Gasteiger partial charge in [-0.2, -0.15) is 0 Å². The highest BCUT2D eigenvalue weighted by Crippen LogP contribution is 2.26. The van der Waals surface area contributed by atoms with Crippen molar-refractivity contribution in [3.05, 3.63) is 38.7 Å². The summed E-state index contributed by atoms with van der Waals surface area (Å²) >= 11 is 7.33. The fourth-order valence-electron chi connectivity index (χ4n) is 1.51. The maximum atomic E-state index is 12.2. The van der Waals surface area contributed by atoms with E-state index in [0.717, 1.165) is 9.77 Å². The van der Waals surface area contributed by atoms with Crippen LogP contribution in [0.5, 0.6) is 0 Å². The minimum atomic E-state index is 0.0520. The molecule has 17 heavy (non-hydrogen) atoms. The summed E-state index contributed by atoms with van der Waals surface area (Å²) in [6, 6.07) is 5.98. The molecule has 1 unspecified atom stereocenters. The maximum Gasteiger partial charge on any atom is 0.264 e. The van der Waals surface area contributed by atoms with Gasteiger partial charge in [-0.25, -0.2) is 0 Å². The molecule has 2 heterocycles. The Morgan fingerprint density at radius 2 is 2.24 bits per heavy atom. The number of thiol groups is 1. The molecule has 1 atom stereocenters. The predicted octanol–water partition coefficient (Wildman–Crippen LogP) is 3.93. The average Bonchev–Trinajstić information content (AvgIpc) is 2.96. The lowest BCUT2D eigenvalue weighted by molar-refractivity contribution is 0.0749. The summed E-state index contributed by atoms with van der Waals surface area (Å²) in [6.45, 7) is 2.04. The van der Waals surface area contributed by atoms with Crippen LogP contribution in [0.1, 0.15) is 27.5 Å². The number of amides is 1. The largest absolute Gasteiger partial charge is 0.333 e. The van der Waals surface area contributed by atoms with E-state index in [1.807, 2.05) is 36.9 Å². The molecule has 0 N–H and O–H groups in total. The second-order valence-corrected chi connectivity index (χ2v) is 6.18. The van der Waals surface area contributed by atoms with Gasteiger partial charge in [-0.05, 0) is 24.4 Å². The molecule has 0 saturated carbocycles. The monoisotopic (exact) mass is 283 g/mol. The van der Waals surface area contributed by atoms with E-state index in [9.17, 15) is 4.79 Å². The third-order valence-corrected chi connectivity index (χ3v) is 5.05. The van der Waals surface area contributed by atoms with Crippen LogP contribution in [0.25, 0.3) is 0 Å². The summed E-state index contributed by atoms with van der Waals surface area (Å²) in [5.74, 6) is 0.0520. The molecule has 0 radical (unpaired) electrons. The normalized spacial score (nSPS) is 12.4. The molecule has 2 aromatic rings. The summed E-state index contributed by atoms with van der Waals surface area (Å²) < 4.78 is 0. The number of rotatable bonds is 3. The van der Waals surface area contributed by atoms with E-state index in [2.05, 4.69) is 18.7 Å². The molecule has 2 aromatic heterocycles. The molecule has 2 nitrogen and oxygen atoms in total. The van der Waals surface area contributed by atoms with E-state index in [0.29, 0.717) is 0 Å². The minimum absolute atomic E-state index is 0.0520. The lowest BCUT2D eigenvalue weighted by Gasteiger charge is -2.23. The van der Waals surface area contributed by atoms with E-state index in [1.54, 1.807) is 16.2 Å². The molecule has 0 aliphatic heterocycles. The second kappa shape index (κ2) is 5.25. The number of carbonyl (C=O) groups is 1. The Bertz CT molecular complexity index is 504. The van der Waals surface area contributed by atoms with Crippen molar-refractivity contribution < 1.29 is 4.79 Å². The van der Waals surface area contributed by atoms with E-state index in [4.69, 9.17) is 0 Å². The summed E-state index contributed by atoms with van der Waals surface area (Å²) in [6.07, 6.45) is 0. The Hall–Kier alpha value is -0.780. The first-order valence-corrected chi connectivity index (χ1v) is 7.38. The molecule has 2 rings (SSSR count). The SMILES string of the molecule is CC(c1cccs1)N(C)C(=O)c1cc(S)cs1. The maximum absolute atomic E-state index is 12.2. The van der Waals surface area contributed by atoms with Crippen LogP contribution in [-0.4, -0.2) is 17.9 Å². The Balaban J connectivity index is 2.15. The molecule has 5 heteroatoms. The van der Waals surface area contributed by atoms with Crippen LogP contribution >= 0.6 is 35.3 Å². The van der Waals surface area contributed by atoms with Crippen LogP contribution in [0.2, 0.25) is 0 Å². The standard InChI is InChI=1S/C12H13NOS3/c1-8(10-4-3-5-16-10)13(2)12(14)11-6-9(15)7-17-11/h3-8,15H,1-2H3. The minimum Gasteiger partial charge on any atom is -0.333 e. The molecule has 90 valence electrons. The van der Waals surface area contributed by atoms with Crippen molar-refractivity contribution in [2.75, 3.05) is 7.05 Å². The molecule has 0 aromatic carbocycles. The van der Waals surface area contributed by atoms with Gasteiger partial charge in [0, 0.05) is 22.2 Å². The summed E-state index contributed by atoms with van der Waals surface area (Å²) in [4.78, 5) is 16.7. The van der Waals surface area contributed by atoms with Crippen molar-refractivity contribution in [1.82, 2.24) is 4.90 Å². The van der Waals surface area contributed by atoms with Crippen molar-refractivity contribution in [3.63, 3.8) is 0 Å². The van der Waals surface area contributed by atoms with E-state index in [1.165, 1.54) is 16.2 Å². The van der Waals surface area contributed by atoms with Gasteiger partial charge in [0.25, 0.3) is 5.91 Å². The molecule has 1 amide bonds. The van der Waals surface area contributed by atoms with Crippen molar-refractivity contribution >= 4 is 41.2 Å². The number of nitrogens with zero attached hydrogens (tertiary/aromatic N) is 1. The zero-order chi connectivity index (χ0) is 12.4. The van der Waals surface area contributed by atoms with Crippen LogP contribution in [0.3, 0.4) is 0 Å². The third-order valence-electron chi connectivity index (χ3n) is 2.65. The Morgan fingerprint density at radius 1 is 1.47 bits per heavy atom. The summed E-state index contributed by atoms with van der Waals surface area (Å²) in [5, 5.41) is 3.90. The van der Waals surface area contributed by atoms with Gasteiger partial charge in [-0.15, -0.1) is 35.3 Å². The summed E-state index contributed by atoms with van der Waals surface area (Å²) in [7, 11) is 1.84. The fourth-order valence-corrected chi connectivity index (χ4v) is 3.46. The molecule has 0 spiro atoms.